The van der Waals surface area contributed by atoms with E-state index in [1.54, 1.807) is 6.07 Å². The summed E-state index contributed by atoms with van der Waals surface area (Å²) < 4.78 is 19.2. The van der Waals surface area contributed by atoms with E-state index in [2.05, 4.69) is 5.32 Å². The first-order valence-corrected chi connectivity index (χ1v) is 7.36. The molecule has 0 spiro atoms. The molecule has 3 heteroatoms. The molecule has 2 aromatic carbocycles. The number of ether oxygens (including phenoxy) is 1. The minimum absolute atomic E-state index is 0.134. The van der Waals surface area contributed by atoms with Gasteiger partial charge in [0, 0.05) is 6.54 Å². The lowest BCUT2D eigenvalue weighted by molar-refractivity contribution is 0.242. The summed E-state index contributed by atoms with van der Waals surface area (Å²) in [6.07, 6.45) is 0.134. The zero-order chi connectivity index (χ0) is 15.2. The van der Waals surface area contributed by atoms with Crippen molar-refractivity contribution in [3.63, 3.8) is 0 Å². The van der Waals surface area contributed by atoms with Gasteiger partial charge in [-0.2, -0.15) is 0 Å². The van der Waals surface area contributed by atoms with E-state index in [-0.39, 0.29) is 11.9 Å². The van der Waals surface area contributed by atoms with Gasteiger partial charge in [0.2, 0.25) is 0 Å². The summed E-state index contributed by atoms with van der Waals surface area (Å²) in [6.45, 7) is 7.55. The molecule has 1 N–H and O–H groups in total. The maximum atomic E-state index is 13.5. The summed E-state index contributed by atoms with van der Waals surface area (Å²) in [5.41, 5.74) is 3.03. The zero-order valence-electron chi connectivity index (χ0n) is 12.8. The average molecular weight is 287 g/mol. The summed E-state index contributed by atoms with van der Waals surface area (Å²) in [7, 11) is 0. The smallest absolute Gasteiger partial charge is 0.123 e. The summed E-state index contributed by atoms with van der Waals surface area (Å²) in [4.78, 5) is 0. The van der Waals surface area contributed by atoms with Gasteiger partial charge < -0.3 is 10.1 Å². The van der Waals surface area contributed by atoms with Gasteiger partial charge in [0.15, 0.2) is 0 Å². The Hall–Kier alpha value is -1.87. The van der Waals surface area contributed by atoms with Gasteiger partial charge in [-0.25, -0.2) is 4.39 Å². The van der Waals surface area contributed by atoms with Gasteiger partial charge >= 0.3 is 0 Å². The molecule has 0 saturated heterocycles. The minimum atomic E-state index is -0.207. The molecule has 21 heavy (non-hydrogen) atoms. The molecule has 0 aromatic heterocycles. The van der Waals surface area contributed by atoms with Crippen LogP contribution in [0.2, 0.25) is 0 Å². The maximum absolute atomic E-state index is 13.5. The van der Waals surface area contributed by atoms with Crippen LogP contribution in [0.5, 0.6) is 5.75 Å². The van der Waals surface area contributed by atoms with Crippen molar-refractivity contribution in [1.82, 2.24) is 5.32 Å². The van der Waals surface area contributed by atoms with E-state index in [1.165, 1.54) is 6.07 Å². The van der Waals surface area contributed by atoms with E-state index in [9.17, 15) is 4.39 Å². The Morgan fingerprint density at radius 2 is 1.95 bits per heavy atom. The van der Waals surface area contributed by atoms with Crippen LogP contribution in [0.3, 0.4) is 0 Å². The van der Waals surface area contributed by atoms with E-state index in [4.69, 9.17) is 4.74 Å². The second kappa shape index (κ2) is 7.23. The van der Waals surface area contributed by atoms with Crippen molar-refractivity contribution in [2.75, 3.05) is 6.54 Å². The van der Waals surface area contributed by atoms with Crippen LogP contribution in [-0.4, -0.2) is 12.6 Å². The average Bonchev–Trinajstić information content (AvgIpc) is 2.44. The molecule has 0 heterocycles. The minimum Gasteiger partial charge on any atom is -0.491 e. The van der Waals surface area contributed by atoms with Crippen molar-refractivity contribution in [1.29, 1.82) is 0 Å². The van der Waals surface area contributed by atoms with Crippen molar-refractivity contribution in [3.05, 3.63) is 53.8 Å². The number of halogens is 1. The first-order chi connectivity index (χ1) is 10.1. The van der Waals surface area contributed by atoms with Crippen LogP contribution in [0.4, 0.5) is 4.39 Å². The molecule has 0 amide bonds. The van der Waals surface area contributed by atoms with Crippen LogP contribution in [0.15, 0.2) is 42.5 Å². The van der Waals surface area contributed by atoms with Gasteiger partial charge in [-0.05, 0) is 61.3 Å². The quantitative estimate of drug-likeness (QED) is 0.850. The SMILES string of the molecule is CCNCc1cc(F)ccc1-c1cccc(OC(C)C)c1. The fourth-order valence-electron chi connectivity index (χ4n) is 2.26. The predicted molar refractivity (Wildman–Crippen MR) is 85.0 cm³/mol. The molecule has 2 rings (SSSR count). The Bertz CT molecular complexity index is 596. The summed E-state index contributed by atoms with van der Waals surface area (Å²) >= 11 is 0. The monoisotopic (exact) mass is 287 g/mol. The van der Waals surface area contributed by atoms with Crippen molar-refractivity contribution >= 4 is 0 Å². The van der Waals surface area contributed by atoms with Crippen LogP contribution >= 0.6 is 0 Å². The first-order valence-electron chi connectivity index (χ1n) is 7.36. The molecule has 0 radical (unpaired) electrons. The lowest BCUT2D eigenvalue weighted by Crippen LogP contribution is -2.12. The highest BCUT2D eigenvalue weighted by Gasteiger charge is 2.08. The van der Waals surface area contributed by atoms with Crippen molar-refractivity contribution < 1.29 is 9.13 Å². The van der Waals surface area contributed by atoms with E-state index >= 15 is 0 Å². The third-order valence-corrected chi connectivity index (χ3v) is 3.15. The Morgan fingerprint density at radius 3 is 2.67 bits per heavy atom. The second-order valence-corrected chi connectivity index (χ2v) is 5.28. The molecule has 0 aliphatic rings. The summed E-state index contributed by atoms with van der Waals surface area (Å²) in [5, 5.41) is 3.25. The lowest BCUT2D eigenvalue weighted by atomic mass is 9.99. The third kappa shape index (κ3) is 4.30. The fourth-order valence-corrected chi connectivity index (χ4v) is 2.26. The van der Waals surface area contributed by atoms with E-state index in [0.717, 1.165) is 29.0 Å². The number of rotatable bonds is 6. The molecule has 0 saturated carbocycles. The highest BCUT2D eigenvalue weighted by atomic mass is 19.1. The topological polar surface area (TPSA) is 21.3 Å². The third-order valence-electron chi connectivity index (χ3n) is 3.15. The number of hydrogen-bond acceptors (Lipinski definition) is 2. The maximum Gasteiger partial charge on any atom is 0.123 e. The Balaban J connectivity index is 2.36. The molecular formula is C18H22FNO. The van der Waals surface area contributed by atoms with Crippen molar-refractivity contribution in [2.45, 2.75) is 33.4 Å². The van der Waals surface area contributed by atoms with Crippen molar-refractivity contribution in [3.8, 4) is 16.9 Å². The van der Waals surface area contributed by atoms with Crippen LogP contribution in [0, 0.1) is 5.82 Å². The lowest BCUT2D eigenvalue weighted by Gasteiger charge is -2.14. The summed E-state index contributed by atoms with van der Waals surface area (Å²) in [5.74, 6) is 0.627. The second-order valence-electron chi connectivity index (χ2n) is 5.28. The molecular weight excluding hydrogens is 265 g/mol. The zero-order valence-corrected chi connectivity index (χ0v) is 12.8. The van der Waals surface area contributed by atoms with E-state index in [0.29, 0.717) is 6.54 Å². The molecule has 0 atom stereocenters. The van der Waals surface area contributed by atoms with Crippen LogP contribution in [0.1, 0.15) is 26.3 Å². The van der Waals surface area contributed by atoms with Gasteiger partial charge in [0.1, 0.15) is 11.6 Å². The van der Waals surface area contributed by atoms with Gasteiger partial charge in [-0.1, -0.05) is 25.1 Å². The van der Waals surface area contributed by atoms with Crippen LogP contribution in [-0.2, 0) is 6.54 Å². The number of benzene rings is 2. The highest BCUT2D eigenvalue weighted by Crippen LogP contribution is 2.28. The molecule has 2 nitrogen and oxygen atoms in total. The van der Waals surface area contributed by atoms with Gasteiger partial charge in [-0.15, -0.1) is 0 Å². The first kappa shape index (κ1) is 15.5. The molecule has 112 valence electrons. The van der Waals surface area contributed by atoms with Gasteiger partial charge in [0.25, 0.3) is 0 Å². The number of nitrogens with one attached hydrogen (secondary N) is 1. The number of hydrogen-bond donors (Lipinski definition) is 1. The molecule has 0 bridgehead atoms. The Morgan fingerprint density at radius 1 is 1.14 bits per heavy atom. The standard InChI is InChI=1S/C18H22FNO/c1-4-20-12-15-10-16(19)8-9-18(15)14-6-5-7-17(11-14)21-13(2)3/h5-11,13,20H,4,12H2,1-3H3. The molecule has 0 aliphatic heterocycles. The predicted octanol–water partition coefficient (Wildman–Crippen LogP) is 4.39. The Labute approximate surface area is 126 Å². The molecule has 2 aromatic rings. The normalized spacial score (nSPS) is 10.9. The fraction of sp³-hybridized carbons (Fsp3) is 0.333. The Kier molecular flexibility index (Phi) is 5.34. The molecule has 0 aliphatic carbocycles. The van der Waals surface area contributed by atoms with Gasteiger partial charge in [-0.3, -0.25) is 0 Å². The van der Waals surface area contributed by atoms with Crippen LogP contribution in [0.25, 0.3) is 11.1 Å². The van der Waals surface area contributed by atoms with E-state index < -0.39 is 0 Å². The summed E-state index contributed by atoms with van der Waals surface area (Å²) in [6, 6.07) is 12.9. The van der Waals surface area contributed by atoms with Gasteiger partial charge in [0.05, 0.1) is 6.10 Å². The van der Waals surface area contributed by atoms with Crippen molar-refractivity contribution in [2.24, 2.45) is 0 Å². The van der Waals surface area contributed by atoms with E-state index in [1.807, 2.05) is 51.1 Å². The van der Waals surface area contributed by atoms with Crippen LogP contribution < -0.4 is 10.1 Å². The molecule has 0 unspecified atom stereocenters. The highest BCUT2D eigenvalue weighted by molar-refractivity contribution is 5.68. The molecule has 0 fully saturated rings. The largest absolute Gasteiger partial charge is 0.491 e.